The van der Waals surface area contributed by atoms with Crippen molar-refractivity contribution in [3.8, 4) is 11.1 Å². The monoisotopic (exact) mass is 324 g/mol. The molecule has 0 saturated carbocycles. The maximum absolute atomic E-state index is 11.5. The summed E-state index contributed by atoms with van der Waals surface area (Å²) in [6.45, 7) is 14.5. The van der Waals surface area contributed by atoms with Crippen LogP contribution < -0.4 is 0 Å². The Hall–Kier alpha value is -2.09. The van der Waals surface area contributed by atoms with Crippen LogP contribution in [0.5, 0.6) is 0 Å². The molecular formula is C22H28O2. The lowest BCUT2D eigenvalue weighted by atomic mass is 9.93. The number of ether oxygens (including phenoxy) is 1. The SMILES string of the molecule is C=C(C)C(=O)OCCC(C)c1ccc(C(C)C)cc2c(C)ccc1-2. The lowest BCUT2D eigenvalue weighted by Gasteiger charge is -2.14. The van der Waals surface area contributed by atoms with Crippen LogP contribution in [-0.4, -0.2) is 12.6 Å². The van der Waals surface area contributed by atoms with E-state index in [1.807, 2.05) is 0 Å². The van der Waals surface area contributed by atoms with Gasteiger partial charge in [-0.25, -0.2) is 4.79 Å². The Labute approximate surface area is 145 Å². The first-order chi connectivity index (χ1) is 11.3. The Balaban J connectivity index is 2.24. The molecule has 0 heterocycles. The lowest BCUT2D eigenvalue weighted by molar-refractivity contribution is -0.139. The minimum absolute atomic E-state index is 0.308. The topological polar surface area (TPSA) is 26.3 Å². The Morgan fingerprint density at radius 2 is 1.83 bits per heavy atom. The first kappa shape index (κ1) is 18.3. The van der Waals surface area contributed by atoms with E-state index in [2.05, 4.69) is 64.6 Å². The van der Waals surface area contributed by atoms with E-state index < -0.39 is 0 Å². The van der Waals surface area contributed by atoms with Gasteiger partial charge in [-0.1, -0.05) is 57.7 Å². The van der Waals surface area contributed by atoms with Gasteiger partial charge in [-0.2, -0.15) is 0 Å². The highest BCUT2D eigenvalue weighted by Crippen LogP contribution is 2.36. The maximum atomic E-state index is 11.5. The summed E-state index contributed by atoms with van der Waals surface area (Å²) < 4.78 is 5.26. The molecule has 0 spiro atoms. The second kappa shape index (κ2) is 7.65. The number of fused-ring (bicyclic) bond motifs is 1. The van der Waals surface area contributed by atoms with Crippen LogP contribution in [0.1, 0.15) is 62.6 Å². The smallest absolute Gasteiger partial charge is 0.333 e. The van der Waals surface area contributed by atoms with E-state index >= 15 is 0 Å². The molecule has 128 valence electrons. The number of hydrogen-bond donors (Lipinski definition) is 0. The second-order valence-corrected chi connectivity index (χ2v) is 7.04. The van der Waals surface area contributed by atoms with Gasteiger partial charge in [0.2, 0.25) is 0 Å². The maximum Gasteiger partial charge on any atom is 0.333 e. The minimum atomic E-state index is -0.308. The average Bonchev–Trinajstić information content (AvgIpc) is 2.76. The number of hydrogen-bond acceptors (Lipinski definition) is 2. The highest BCUT2D eigenvalue weighted by molar-refractivity contribution is 5.86. The van der Waals surface area contributed by atoms with E-state index in [1.54, 1.807) is 6.92 Å². The molecule has 0 aromatic carbocycles. The molecule has 0 radical (unpaired) electrons. The Kier molecular flexibility index (Phi) is 5.82. The van der Waals surface area contributed by atoms with Crippen molar-refractivity contribution >= 4 is 5.97 Å². The molecule has 2 nitrogen and oxygen atoms in total. The molecule has 1 atom stereocenters. The van der Waals surface area contributed by atoms with E-state index in [0.717, 1.165) is 6.42 Å². The molecule has 0 aromatic heterocycles. The molecule has 0 bridgehead atoms. The summed E-state index contributed by atoms with van der Waals surface area (Å²) in [5.74, 6) is 0.506. The van der Waals surface area contributed by atoms with Crippen molar-refractivity contribution < 1.29 is 9.53 Å². The fourth-order valence-electron chi connectivity index (χ4n) is 2.93. The van der Waals surface area contributed by atoms with Gasteiger partial charge in [0.25, 0.3) is 0 Å². The van der Waals surface area contributed by atoms with Crippen LogP contribution in [0.3, 0.4) is 0 Å². The van der Waals surface area contributed by atoms with Crippen molar-refractivity contribution in [3.05, 3.63) is 59.2 Å². The van der Waals surface area contributed by atoms with Crippen LogP contribution >= 0.6 is 0 Å². The van der Waals surface area contributed by atoms with E-state index in [4.69, 9.17) is 4.74 Å². The van der Waals surface area contributed by atoms with Crippen LogP contribution in [0.2, 0.25) is 0 Å². The number of rotatable bonds is 6. The summed E-state index contributed by atoms with van der Waals surface area (Å²) in [5.41, 5.74) is 7.05. The molecule has 2 rings (SSSR count). The highest BCUT2D eigenvalue weighted by atomic mass is 16.5. The molecule has 0 N–H and O–H groups in total. The molecule has 1 unspecified atom stereocenters. The molecule has 0 aromatic rings. The third-order valence-corrected chi connectivity index (χ3v) is 4.62. The van der Waals surface area contributed by atoms with Gasteiger partial charge in [0, 0.05) is 5.57 Å². The fourth-order valence-corrected chi connectivity index (χ4v) is 2.93. The zero-order valence-corrected chi connectivity index (χ0v) is 15.5. The van der Waals surface area contributed by atoms with Gasteiger partial charge >= 0.3 is 5.97 Å². The van der Waals surface area contributed by atoms with E-state index in [1.165, 1.54) is 27.8 Å². The van der Waals surface area contributed by atoms with Gasteiger partial charge in [0.1, 0.15) is 0 Å². The van der Waals surface area contributed by atoms with Crippen LogP contribution in [0.4, 0.5) is 0 Å². The Bertz CT molecular complexity index is 712. The number of esters is 1. The molecule has 2 aliphatic rings. The third-order valence-electron chi connectivity index (χ3n) is 4.62. The number of carbonyl (C=O) groups is 1. The van der Waals surface area contributed by atoms with Crippen molar-refractivity contribution in [1.29, 1.82) is 0 Å². The van der Waals surface area contributed by atoms with Crippen LogP contribution in [0.25, 0.3) is 11.1 Å². The Morgan fingerprint density at radius 1 is 1.12 bits per heavy atom. The standard InChI is InChI=1S/C22H28O2/c1-14(2)18-8-10-19(20-9-7-16(5)21(20)13-18)17(6)11-12-24-22(23)15(3)4/h7-10,13-14,17H,3,11-12H2,1-2,4-6H3. The van der Waals surface area contributed by atoms with Crippen LogP contribution in [0.15, 0.2) is 42.5 Å². The Morgan fingerprint density at radius 3 is 2.46 bits per heavy atom. The zero-order valence-electron chi connectivity index (χ0n) is 15.5. The first-order valence-corrected chi connectivity index (χ1v) is 8.67. The normalized spacial score (nSPS) is 12.4. The quantitative estimate of drug-likeness (QED) is 0.493. The van der Waals surface area contributed by atoms with Crippen molar-refractivity contribution in [1.82, 2.24) is 0 Å². The summed E-state index contributed by atoms with van der Waals surface area (Å²) in [5, 5.41) is 0. The molecule has 0 aliphatic heterocycles. The molecule has 0 amide bonds. The molecule has 24 heavy (non-hydrogen) atoms. The molecule has 2 aliphatic carbocycles. The van der Waals surface area contributed by atoms with Crippen molar-refractivity contribution in [2.24, 2.45) is 0 Å². The van der Waals surface area contributed by atoms with Crippen molar-refractivity contribution in [2.75, 3.05) is 6.61 Å². The predicted molar refractivity (Wildman–Crippen MR) is 101 cm³/mol. The van der Waals surface area contributed by atoms with Gasteiger partial charge in [-0.05, 0) is 59.9 Å². The van der Waals surface area contributed by atoms with Gasteiger partial charge < -0.3 is 4.74 Å². The van der Waals surface area contributed by atoms with Crippen LogP contribution in [-0.2, 0) is 9.53 Å². The van der Waals surface area contributed by atoms with Crippen LogP contribution in [0, 0.1) is 6.92 Å². The first-order valence-electron chi connectivity index (χ1n) is 8.67. The lowest BCUT2D eigenvalue weighted by Crippen LogP contribution is -2.08. The van der Waals surface area contributed by atoms with E-state index in [9.17, 15) is 4.79 Å². The van der Waals surface area contributed by atoms with Gasteiger partial charge in [-0.15, -0.1) is 0 Å². The molecule has 0 saturated heterocycles. The summed E-state index contributed by atoms with van der Waals surface area (Å²) in [6.07, 6.45) is 0.805. The molecule has 0 fully saturated rings. The highest BCUT2D eigenvalue weighted by Gasteiger charge is 2.17. The molecule has 2 heteroatoms. The van der Waals surface area contributed by atoms with Crippen molar-refractivity contribution in [3.63, 3.8) is 0 Å². The predicted octanol–water partition coefficient (Wildman–Crippen LogP) is 5.84. The number of carbonyl (C=O) groups excluding carboxylic acids is 1. The fraction of sp³-hybridized carbons (Fsp3) is 0.409. The summed E-state index contributed by atoms with van der Waals surface area (Å²) in [7, 11) is 0. The summed E-state index contributed by atoms with van der Waals surface area (Å²) in [4.78, 5) is 11.5. The third kappa shape index (κ3) is 4.05. The van der Waals surface area contributed by atoms with Gasteiger partial charge in [0.15, 0.2) is 0 Å². The molecular weight excluding hydrogens is 296 g/mol. The van der Waals surface area contributed by atoms with Gasteiger partial charge in [-0.3, -0.25) is 0 Å². The largest absolute Gasteiger partial charge is 0.462 e. The van der Waals surface area contributed by atoms with Crippen molar-refractivity contribution in [2.45, 2.75) is 52.9 Å². The minimum Gasteiger partial charge on any atom is -0.462 e. The summed E-state index contributed by atoms with van der Waals surface area (Å²) >= 11 is 0. The van der Waals surface area contributed by atoms with E-state index in [-0.39, 0.29) is 5.97 Å². The number of aryl methyl sites for hydroxylation is 1. The van der Waals surface area contributed by atoms with Gasteiger partial charge in [0.05, 0.1) is 6.61 Å². The average molecular weight is 324 g/mol. The zero-order chi connectivity index (χ0) is 17.9. The summed E-state index contributed by atoms with van der Waals surface area (Å²) in [6, 6.07) is 11.2. The second-order valence-electron chi connectivity index (χ2n) is 7.04. The van der Waals surface area contributed by atoms with E-state index in [0.29, 0.717) is 24.0 Å².